The molecule has 2 heteroatoms. The van der Waals surface area contributed by atoms with Crippen LogP contribution in [0.5, 0.6) is 0 Å². The van der Waals surface area contributed by atoms with E-state index in [9.17, 15) is 0 Å². The van der Waals surface area contributed by atoms with Gasteiger partial charge in [0.2, 0.25) is 0 Å². The largest absolute Gasteiger partial charge is 0.315 e. The molecule has 0 saturated heterocycles. The third-order valence-electron chi connectivity index (χ3n) is 1.83. The van der Waals surface area contributed by atoms with E-state index in [1.807, 2.05) is 0 Å². The molecular weight excluding hydrogens is 136 g/mol. The Morgan fingerprint density at radius 1 is 1.09 bits per heavy atom. The zero-order valence-electron chi connectivity index (χ0n) is 8.11. The molecule has 0 bridgehead atoms. The molecule has 0 aromatic carbocycles. The standard InChI is InChI=1S/C9H22N2/c1-4-6-10-7-8-11-9(3)5-2/h9-11H,4-8H2,1-3H3. The van der Waals surface area contributed by atoms with Crippen LogP contribution >= 0.6 is 0 Å². The molecule has 0 radical (unpaired) electrons. The minimum absolute atomic E-state index is 0.665. The molecule has 0 fully saturated rings. The van der Waals surface area contributed by atoms with E-state index in [1.54, 1.807) is 0 Å². The Morgan fingerprint density at radius 2 is 1.82 bits per heavy atom. The van der Waals surface area contributed by atoms with Gasteiger partial charge in [0.25, 0.3) is 0 Å². The average molecular weight is 158 g/mol. The van der Waals surface area contributed by atoms with E-state index in [0.29, 0.717) is 6.04 Å². The number of hydrogen-bond donors (Lipinski definition) is 2. The summed E-state index contributed by atoms with van der Waals surface area (Å²) in [5, 5.41) is 6.78. The van der Waals surface area contributed by atoms with Crippen molar-refractivity contribution < 1.29 is 0 Å². The van der Waals surface area contributed by atoms with Crippen LogP contribution in [0.25, 0.3) is 0 Å². The maximum Gasteiger partial charge on any atom is 0.00792 e. The van der Waals surface area contributed by atoms with E-state index < -0.39 is 0 Å². The molecule has 68 valence electrons. The van der Waals surface area contributed by atoms with Crippen LogP contribution in [-0.4, -0.2) is 25.7 Å². The second-order valence-corrected chi connectivity index (χ2v) is 3.01. The van der Waals surface area contributed by atoms with Gasteiger partial charge in [0, 0.05) is 19.1 Å². The predicted octanol–water partition coefficient (Wildman–Crippen LogP) is 1.37. The van der Waals surface area contributed by atoms with Gasteiger partial charge in [0.05, 0.1) is 0 Å². The van der Waals surface area contributed by atoms with Gasteiger partial charge in [-0.05, 0) is 26.3 Å². The van der Waals surface area contributed by atoms with Crippen molar-refractivity contribution in [1.82, 2.24) is 10.6 Å². The van der Waals surface area contributed by atoms with Crippen molar-refractivity contribution in [3.63, 3.8) is 0 Å². The highest BCUT2D eigenvalue weighted by molar-refractivity contribution is 4.58. The number of nitrogens with one attached hydrogen (secondary N) is 2. The van der Waals surface area contributed by atoms with E-state index >= 15 is 0 Å². The van der Waals surface area contributed by atoms with Gasteiger partial charge in [-0.15, -0.1) is 0 Å². The molecular formula is C9H22N2. The zero-order chi connectivity index (χ0) is 8.53. The van der Waals surface area contributed by atoms with Gasteiger partial charge in [-0.25, -0.2) is 0 Å². The number of rotatable bonds is 7. The highest BCUT2D eigenvalue weighted by atomic mass is 15.0. The third-order valence-corrected chi connectivity index (χ3v) is 1.83. The Kier molecular flexibility index (Phi) is 7.96. The van der Waals surface area contributed by atoms with Crippen LogP contribution in [0.1, 0.15) is 33.6 Å². The first-order valence-electron chi connectivity index (χ1n) is 4.75. The maximum absolute atomic E-state index is 3.43. The Morgan fingerprint density at radius 3 is 2.36 bits per heavy atom. The van der Waals surface area contributed by atoms with Gasteiger partial charge in [0.1, 0.15) is 0 Å². The van der Waals surface area contributed by atoms with Gasteiger partial charge in [-0.1, -0.05) is 13.8 Å². The van der Waals surface area contributed by atoms with Crippen molar-refractivity contribution in [2.75, 3.05) is 19.6 Å². The van der Waals surface area contributed by atoms with Gasteiger partial charge < -0.3 is 10.6 Å². The van der Waals surface area contributed by atoms with Crippen molar-refractivity contribution in [3.05, 3.63) is 0 Å². The Balaban J connectivity index is 2.89. The zero-order valence-corrected chi connectivity index (χ0v) is 8.11. The molecule has 0 saturated carbocycles. The molecule has 1 atom stereocenters. The summed E-state index contributed by atoms with van der Waals surface area (Å²) in [5.74, 6) is 0. The normalized spacial score (nSPS) is 13.4. The summed E-state index contributed by atoms with van der Waals surface area (Å²) >= 11 is 0. The van der Waals surface area contributed by atoms with Crippen LogP contribution in [0.4, 0.5) is 0 Å². The Hall–Kier alpha value is -0.0800. The second kappa shape index (κ2) is 8.02. The van der Waals surface area contributed by atoms with Gasteiger partial charge in [-0.2, -0.15) is 0 Å². The first kappa shape index (κ1) is 10.9. The predicted molar refractivity (Wildman–Crippen MR) is 50.9 cm³/mol. The lowest BCUT2D eigenvalue weighted by Gasteiger charge is -2.10. The lowest BCUT2D eigenvalue weighted by molar-refractivity contribution is 0.517. The molecule has 2 nitrogen and oxygen atoms in total. The summed E-state index contributed by atoms with van der Waals surface area (Å²) in [4.78, 5) is 0. The van der Waals surface area contributed by atoms with Crippen LogP contribution in [0, 0.1) is 0 Å². The summed E-state index contributed by atoms with van der Waals surface area (Å²) in [5.41, 5.74) is 0. The maximum atomic E-state index is 3.43. The van der Waals surface area contributed by atoms with Crippen molar-refractivity contribution in [2.24, 2.45) is 0 Å². The first-order chi connectivity index (χ1) is 5.31. The molecule has 0 spiro atoms. The molecule has 0 amide bonds. The summed E-state index contributed by atoms with van der Waals surface area (Å²) in [6.07, 6.45) is 2.44. The molecule has 1 unspecified atom stereocenters. The molecule has 0 aliphatic heterocycles. The minimum Gasteiger partial charge on any atom is -0.315 e. The molecule has 0 aromatic heterocycles. The number of hydrogen-bond acceptors (Lipinski definition) is 2. The van der Waals surface area contributed by atoms with Crippen molar-refractivity contribution >= 4 is 0 Å². The van der Waals surface area contributed by atoms with Crippen molar-refractivity contribution in [1.29, 1.82) is 0 Å². The van der Waals surface area contributed by atoms with Gasteiger partial charge >= 0.3 is 0 Å². The summed E-state index contributed by atoms with van der Waals surface area (Å²) < 4.78 is 0. The van der Waals surface area contributed by atoms with E-state index in [-0.39, 0.29) is 0 Å². The van der Waals surface area contributed by atoms with Crippen LogP contribution in [0.15, 0.2) is 0 Å². The second-order valence-electron chi connectivity index (χ2n) is 3.01. The Labute approximate surface area is 70.8 Å². The lowest BCUT2D eigenvalue weighted by atomic mass is 10.2. The lowest BCUT2D eigenvalue weighted by Crippen LogP contribution is -2.33. The fraction of sp³-hybridized carbons (Fsp3) is 1.00. The first-order valence-corrected chi connectivity index (χ1v) is 4.75. The van der Waals surface area contributed by atoms with E-state index in [0.717, 1.165) is 19.6 Å². The van der Waals surface area contributed by atoms with E-state index in [4.69, 9.17) is 0 Å². The van der Waals surface area contributed by atoms with Gasteiger partial charge in [0.15, 0.2) is 0 Å². The fourth-order valence-electron chi connectivity index (χ4n) is 0.853. The molecule has 11 heavy (non-hydrogen) atoms. The van der Waals surface area contributed by atoms with Gasteiger partial charge in [-0.3, -0.25) is 0 Å². The smallest absolute Gasteiger partial charge is 0.00792 e. The average Bonchev–Trinajstić information content (AvgIpc) is 2.04. The van der Waals surface area contributed by atoms with Crippen molar-refractivity contribution in [2.45, 2.75) is 39.7 Å². The van der Waals surface area contributed by atoms with E-state index in [1.165, 1.54) is 12.8 Å². The topological polar surface area (TPSA) is 24.1 Å². The highest BCUT2D eigenvalue weighted by Crippen LogP contribution is 1.85. The van der Waals surface area contributed by atoms with E-state index in [2.05, 4.69) is 31.4 Å². The molecule has 2 N–H and O–H groups in total. The third kappa shape index (κ3) is 7.82. The fourth-order valence-corrected chi connectivity index (χ4v) is 0.853. The minimum atomic E-state index is 0.665. The summed E-state index contributed by atoms with van der Waals surface area (Å²) in [6, 6.07) is 0.665. The highest BCUT2D eigenvalue weighted by Gasteiger charge is 1.94. The molecule has 0 aliphatic carbocycles. The monoisotopic (exact) mass is 158 g/mol. The van der Waals surface area contributed by atoms with Crippen LogP contribution in [0.2, 0.25) is 0 Å². The van der Waals surface area contributed by atoms with Crippen LogP contribution < -0.4 is 10.6 Å². The molecule has 0 aromatic rings. The summed E-state index contributed by atoms with van der Waals surface area (Å²) in [6.45, 7) is 9.95. The van der Waals surface area contributed by atoms with Crippen LogP contribution in [-0.2, 0) is 0 Å². The molecule has 0 heterocycles. The van der Waals surface area contributed by atoms with Crippen LogP contribution in [0.3, 0.4) is 0 Å². The summed E-state index contributed by atoms with van der Waals surface area (Å²) in [7, 11) is 0. The van der Waals surface area contributed by atoms with Crippen molar-refractivity contribution in [3.8, 4) is 0 Å². The molecule has 0 aliphatic rings. The Bertz CT molecular complexity index is 74.0. The molecule has 0 rings (SSSR count). The SMILES string of the molecule is CCCNCCNC(C)CC. The quantitative estimate of drug-likeness (QED) is 0.547.